The molecule has 1 aromatic heterocycles. The van der Waals surface area contributed by atoms with Gasteiger partial charge in [0.15, 0.2) is 10.6 Å². The molecule has 0 aliphatic heterocycles. The summed E-state index contributed by atoms with van der Waals surface area (Å²) < 4.78 is 2.37. The fraction of sp³-hybridized carbons (Fsp3) is 0.100. The molecule has 0 aliphatic rings. The summed E-state index contributed by atoms with van der Waals surface area (Å²) in [6.45, 7) is 3.99. The number of aryl methyl sites for hydroxylation is 2. The lowest BCUT2D eigenvalue weighted by Crippen LogP contribution is -1.99. The SMILES string of the molecule is Cc1cc(O)c(-c2n[nH]c(=S)n2-c2cccc3ccccc23)cc1C. The number of hydrogen-bond acceptors (Lipinski definition) is 3. The van der Waals surface area contributed by atoms with E-state index in [1.54, 1.807) is 6.07 Å². The maximum atomic E-state index is 10.5. The second-order valence-electron chi connectivity index (χ2n) is 6.14. The molecule has 4 rings (SSSR count). The van der Waals surface area contributed by atoms with Gasteiger partial charge in [-0.15, -0.1) is 0 Å². The van der Waals surface area contributed by atoms with Crippen molar-refractivity contribution < 1.29 is 5.11 Å². The van der Waals surface area contributed by atoms with E-state index in [4.69, 9.17) is 12.2 Å². The zero-order valence-corrected chi connectivity index (χ0v) is 14.8. The maximum absolute atomic E-state index is 10.5. The lowest BCUT2D eigenvalue weighted by Gasteiger charge is -2.12. The Morgan fingerprint density at radius 2 is 1.72 bits per heavy atom. The second kappa shape index (κ2) is 5.86. The lowest BCUT2D eigenvalue weighted by molar-refractivity contribution is 0.476. The monoisotopic (exact) mass is 347 g/mol. The van der Waals surface area contributed by atoms with Crippen LogP contribution in [-0.4, -0.2) is 19.9 Å². The number of aromatic amines is 1. The molecule has 4 nitrogen and oxygen atoms in total. The number of fused-ring (bicyclic) bond motifs is 1. The van der Waals surface area contributed by atoms with E-state index in [0.29, 0.717) is 16.2 Å². The molecular weight excluding hydrogens is 330 g/mol. The number of nitrogens with one attached hydrogen (secondary N) is 1. The number of nitrogens with zero attached hydrogens (tertiary/aromatic N) is 2. The van der Waals surface area contributed by atoms with Gasteiger partial charge in [0.1, 0.15) is 5.75 Å². The highest BCUT2D eigenvalue weighted by molar-refractivity contribution is 7.71. The third-order valence-electron chi connectivity index (χ3n) is 4.53. The quantitative estimate of drug-likeness (QED) is 0.498. The lowest BCUT2D eigenvalue weighted by atomic mass is 10.0. The Balaban J connectivity index is 2.04. The molecule has 0 bridgehead atoms. The van der Waals surface area contributed by atoms with E-state index in [-0.39, 0.29) is 5.75 Å². The van der Waals surface area contributed by atoms with Gasteiger partial charge in [-0.05, 0) is 60.8 Å². The number of H-pyrrole nitrogens is 1. The molecule has 0 saturated heterocycles. The first-order chi connectivity index (χ1) is 12.1. The molecule has 5 heteroatoms. The molecule has 0 saturated carbocycles. The summed E-state index contributed by atoms with van der Waals surface area (Å²) in [4.78, 5) is 0. The van der Waals surface area contributed by atoms with E-state index in [1.165, 1.54) is 0 Å². The molecule has 4 aromatic rings. The van der Waals surface area contributed by atoms with Crippen molar-refractivity contribution in [1.82, 2.24) is 14.8 Å². The molecule has 0 atom stereocenters. The van der Waals surface area contributed by atoms with Gasteiger partial charge in [-0.25, -0.2) is 0 Å². The molecule has 0 spiro atoms. The first-order valence-electron chi connectivity index (χ1n) is 8.02. The van der Waals surface area contributed by atoms with Gasteiger partial charge in [0.2, 0.25) is 0 Å². The summed E-state index contributed by atoms with van der Waals surface area (Å²) in [5.41, 5.74) is 3.71. The van der Waals surface area contributed by atoms with Crippen molar-refractivity contribution in [2.24, 2.45) is 0 Å². The van der Waals surface area contributed by atoms with Crippen LogP contribution in [-0.2, 0) is 0 Å². The van der Waals surface area contributed by atoms with Gasteiger partial charge in [0, 0.05) is 5.39 Å². The Hall–Kier alpha value is -2.92. The number of rotatable bonds is 2. The zero-order chi connectivity index (χ0) is 17.6. The molecule has 3 aromatic carbocycles. The van der Waals surface area contributed by atoms with Crippen molar-refractivity contribution in [3.63, 3.8) is 0 Å². The number of phenols is 1. The minimum atomic E-state index is 0.193. The van der Waals surface area contributed by atoms with Gasteiger partial charge in [-0.3, -0.25) is 9.67 Å². The number of benzene rings is 3. The van der Waals surface area contributed by atoms with Gasteiger partial charge < -0.3 is 5.11 Å². The third kappa shape index (κ3) is 2.53. The number of hydrogen-bond donors (Lipinski definition) is 2. The molecule has 0 fully saturated rings. The molecule has 0 aliphatic carbocycles. The van der Waals surface area contributed by atoms with E-state index >= 15 is 0 Å². The van der Waals surface area contributed by atoms with Crippen LogP contribution in [0.4, 0.5) is 0 Å². The molecule has 0 radical (unpaired) electrons. The van der Waals surface area contributed by atoms with Crippen LogP contribution in [0, 0.1) is 18.6 Å². The van der Waals surface area contributed by atoms with Gasteiger partial charge in [-0.1, -0.05) is 36.4 Å². The standard InChI is InChI=1S/C20H17N3OS/c1-12-10-16(18(24)11-13(12)2)19-21-22-20(25)23(19)17-9-5-7-14-6-3-4-8-15(14)17/h3-11,24H,1-2H3,(H,22,25). The number of phenolic OH excluding ortho intramolecular Hbond substituents is 1. The van der Waals surface area contributed by atoms with Crippen molar-refractivity contribution in [1.29, 1.82) is 0 Å². The van der Waals surface area contributed by atoms with Crippen LogP contribution < -0.4 is 0 Å². The van der Waals surface area contributed by atoms with E-state index in [9.17, 15) is 5.11 Å². The molecule has 0 unspecified atom stereocenters. The van der Waals surface area contributed by atoms with Gasteiger partial charge >= 0.3 is 0 Å². The summed E-state index contributed by atoms with van der Waals surface area (Å²) in [7, 11) is 0. The smallest absolute Gasteiger partial charge is 0.200 e. The summed E-state index contributed by atoms with van der Waals surface area (Å²) in [5, 5.41) is 19.9. The Morgan fingerprint density at radius 1 is 1.00 bits per heavy atom. The summed E-state index contributed by atoms with van der Waals surface area (Å²) in [6.07, 6.45) is 0. The van der Waals surface area contributed by atoms with Gasteiger partial charge in [0.05, 0.1) is 11.3 Å². The largest absolute Gasteiger partial charge is 0.507 e. The van der Waals surface area contributed by atoms with E-state index in [0.717, 1.165) is 27.6 Å². The number of aromatic nitrogens is 3. The zero-order valence-electron chi connectivity index (χ0n) is 13.9. The summed E-state index contributed by atoms with van der Waals surface area (Å²) >= 11 is 5.48. The van der Waals surface area contributed by atoms with Crippen molar-refractivity contribution in [2.45, 2.75) is 13.8 Å². The van der Waals surface area contributed by atoms with Crippen LogP contribution in [0.2, 0.25) is 0 Å². The van der Waals surface area contributed by atoms with Crippen LogP contribution >= 0.6 is 12.2 Å². The average molecular weight is 347 g/mol. The van der Waals surface area contributed by atoms with Crippen LogP contribution in [0.25, 0.3) is 27.8 Å². The highest BCUT2D eigenvalue weighted by Gasteiger charge is 2.16. The Kier molecular flexibility index (Phi) is 3.66. The van der Waals surface area contributed by atoms with E-state index < -0.39 is 0 Å². The van der Waals surface area contributed by atoms with Crippen LogP contribution in [0.3, 0.4) is 0 Å². The highest BCUT2D eigenvalue weighted by atomic mass is 32.1. The summed E-state index contributed by atoms with van der Waals surface area (Å²) in [5.74, 6) is 0.792. The highest BCUT2D eigenvalue weighted by Crippen LogP contribution is 2.33. The normalized spacial score (nSPS) is 11.1. The predicted octanol–water partition coefficient (Wildman–Crippen LogP) is 5.07. The fourth-order valence-corrected chi connectivity index (χ4v) is 3.31. The summed E-state index contributed by atoms with van der Waals surface area (Å²) in [6, 6.07) is 17.9. The van der Waals surface area contributed by atoms with Crippen LogP contribution in [0.1, 0.15) is 11.1 Å². The van der Waals surface area contributed by atoms with Crippen LogP contribution in [0.5, 0.6) is 5.75 Å². The first-order valence-corrected chi connectivity index (χ1v) is 8.43. The van der Waals surface area contributed by atoms with Crippen molar-refractivity contribution in [3.05, 3.63) is 70.5 Å². The molecule has 0 amide bonds. The molecule has 25 heavy (non-hydrogen) atoms. The van der Waals surface area contributed by atoms with E-state index in [1.807, 2.05) is 48.7 Å². The Labute approximate surface area is 150 Å². The van der Waals surface area contributed by atoms with Crippen molar-refractivity contribution in [3.8, 4) is 22.8 Å². The first kappa shape index (κ1) is 15.6. The topological polar surface area (TPSA) is 53.8 Å². The number of aromatic hydroxyl groups is 1. The van der Waals surface area contributed by atoms with Gasteiger partial charge in [-0.2, -0.15) is 5.10 Å². The van der Waals surface area contributed by atoms with Crippen LogP contribution in [0.15, 0.2) is 54.6 Å². The second-order valence-corrected chi connectivity index (χ2v) is 6.53. The maximum Gasteiger partial charge on any atom is 0.200 e. The molecule has 1 heterocycles. The minimum Gasteiger partial charge on any atom is -0.507 e. The van der Waals surface area contributed by atoms with Crippen molar-refractivity contribution in [2.75, 3.05) is 0 Å². The minimum absolute atomic E-state index is 0.193. The van der Waals surface area contributed by atoms with E-state index in [2.05, 4.69) is 28.4 Å². The third-order valence-corrected chi connectivity index (χ3v) is 4.81. The Morgan fingerprint density at radius 3 is 2.56 bits per heavy atom. The Bertz CT molecular complexity index is 1150. The van der Waals surface area contributed by atoms with Crippen molar-refractivity contribution >= 4 is 23.0 Å². The predicted molar refractivity (Wildman–Crippen MR) is 103 cm³/mol. The molecular formula is C20H17N3OS. The average Bonchev–Trinajstić information content (AvgIpc) is 2.99. The van der Waals surface area contributed by atoms with Gasteiger partial charge in [0.25, 0.3) is 0 Å². The fourth-order valence-electron chi connectivity index (χ4n) is 3.08. The molecule has 2 N–H and O–H groups in total. The molecule has 124 valence electrons.